The maximum Gasteiger partial charge on any atom is 0.229 e. The van der Waals surface area contributed by atoms with Crippen LogP contribution in [-0.4, -0.2) is 29.9 Å². The first kappa shape index (κ1) is 11.5. The number of hydrogen-bond donors (Lipinski definition) is 1. The quantitative estimate of drug-likeness (QED) is 0.834. The van der Waals surface area contributed by atoms with E-state index >= 15 is 0 Å². The van der Waals surface area contributed by atoms with Gasteiger partial charge in [0.1, 0.15) is 0 Å². The third-order valence-corrected chi connectivity index (χ3v) is 3.13. The number of nitrogens with zero attached hydrogens (tertiary/aromatic N) is 2. The minimum atomic E-state index is 0.354. The molecule has 16 heavy (non-hydrogen) atoms. The number of rotatable bonds is 4. The van der Waals surface area contributed by atoms with E-state index in [1.54, 1.807) is 7.11 Å². The Bertz CT molecular complexity index is 319. The Morgan fingerprint density at radius 3 is 2.81 bits per heavy atom. The van der Waals surface area contributed by atoms with Crippen molar-refractivity contribution in [1.82, 2.24) is 10.1 Å². The molecule has 1 aromatic rings. The van der Waals surface area contributed by atoms with E-state index in [9.17, 15) is 0 Å². The fourth-order valence-corrected chi connectivity index (χ4v) is 2.09. The van der Waals surface area contributed by atoms with Gasteiger partial charge >= 0.3 is 0 Å². The van der Waals surface area contributed by atoms with Crippen LogP contribution in [0.3, 0.4) is 0 Å². The summed E-state index contributed by atoms with van der Waals surface area (Å²) in [7, 11) is 1.67. The van der Waals surface area contributed by atoms with E-state index in [1.165, 1.54) is 0 Å². The number of ether oxygens (including phenoxy) is 1. The van der Waals surface area contributed by atoms with E-state index in [2.05, 4.69) is 10.1 Å². The Kier molecular flexibility index (Phi) is 3.90. The molecular weight excluding hydrogens is 206 g/mol. The summed E-state index contributed by atoms with van der Waals surface area (Å²) in [5.74, 6) is 1.92. The van der Waals surface area contributed by atoms with Crippen molar-refractivity contribution < 1.29 is 9.26 Å². The van der Waals surface area contributed by atoms with Crippen LogP contribution in [0.1, 0.15) is 43.3 Å². The zero-order chi connectivity index (χ0) is 11.4. The summed E-state index contributed by atoms with van der Waals surface area (Å²) in [6.45, 7) is 0.633. The summed E-state index contributed by atoms with van der Waals surface area (Å²) in [4.78, 5) is 4.40. The highest BCUT2D eigenvalue weighted by Gasteiger charge is 2.24. The van der Waals surface area contributed by atoms with Gasteiger partial charge in [0, 0.05) is 25.5 Å². The normalized spacial score (nSPS) is 25.9. The molecular formula is C11H19N3O2. The van der Waals surface area contributed by atoms with E-state index < -0.39 is 0 Å². The molecule has 2 N–H and O–H groups in total. The predicted octanol–water partition coefficient (Wildman–Crippen LogP) is 1.24. The summed E-state index contributed by atoms with van der Waals surface area (Å²) < 4.78 is 10.3. The fraction of sp³-hybridized carbons (Fsp3) is 0.818. The average molecular weight is 225 g/mol. The molecule has 0 unspecified atom stereocenters. The van der Waals surface area contributed by atoms with Crippen molar-refractivity contribution in [3.8, 4) is 0 Å². The largest absolute Gasteiger partial charge is 0.384 e. The minimum Gasteiger partial charge on any atom is -0.384 e. The number of hydrogen-bond acceptors (Lipinski definition) is 5. The molecule has 1 fully saturated rings. The van der Waals surface area contributed by atoms with Crippen LogP contribution in [0.25, 0.3) is 0 Å². The van der Waals surface area contributed by atoms with Gasteiger partial charge in [0.25, 0.3) is 0 Å². The summed E-state index contributed by atoms with van der Waals surface area (Å²) in [5.41, 5.74) is 5.86. The molecule has 1 aliphatic carbocycles. The first-order valence-electron chi connectivity index (χ1n) is 5.86. The lowest BCUT2D eigenvalue weighted by Gasteiger charge is -2.22. The van der Waals surface area contributed by atoms with Gasteiger partial charge < -0.3 is 15.0 Å². The molecule has 0 bridgehead atoms. The molecule has 2 rings (SSSR count). The lowest BCUT2D eigenvalue weighted by molar-refractivity contribution is 0.199. The van der Waals surface area contributed by atoms with Gasteiger partial charge in [-0.2, -0.15) is 4.98 Å². The average Bonchev–Trinajstić information content (AvgIpc) is 2.76. The molecule has 5 heteroatoms. The van der Waals surface area contributed by atoms with Crippen LogP contribution in [0.4, 0.5) is 0 Å². The summed E-state index contributed by atoms with van der Waals surface area (Å²) in [6, 6.07) is 0.354. The van der Waals surface area contributed by atoms with Crippen molar-refractivity contribution in [1.29, 1.82) is 0 Å². The molecule has 0 amide bonds. The third kappa shape index (κ3) is 2.80. The van der Waals surface area contributed by atoms with Crippen LogP contribution in [0.5, 0.6) is 0 Å². The zero-order valence-corrected chi connectivity index (χ0v) is 9.69. The standard InChI is InChI=1S/C11H19N3O2/c1-15-7-6-10-13-11(16-14-10)8-2-4-9(12)5-3-8/h8-9H,2-7,12H2,1H3. The molecule has 0 aliphatic heterocycles. The SMILES string of the molecule is COCCc1noc(C2CCC(N)CC2)n1. The highest BCUT2D eigenvalue weighted by molar-refractivity contribution is 4.97. The Labute approximate surface area is 95.3 Å². The molecule has 1 heterocycles. The Balaban J connectivity index is 1.91. The van der Waals surface area contributed by atoms with Gasteiger partial charge in [0.2, 0.25) is 5.89 Å². The predicted molar refractivity (Wildman–Crippen MR) is 59.1 cm³/mol. The van der Waals surface area contributed by atoms with E-state index in [0.29, 0.717) is 25.0 Å². The van der Waals surface area contributed by atoms with Gasteiger partial charge in [-0.25, -0.2) is 0 Å². The second kappa shape index (κ2) is 5.41. The highest BCUT2D eigenvalue weighted by Crippen LogP contribution is 2.31. The van der Waals surface area contributed by atoms with Crippen molar-refractivity contribution in [3.63, 3.8) is 0 Å². The van der Waals surface area contributed by atoms with Gasteiger partial charge in [-0.15, -0.1) is 0 Å². The van der Waals surface area contributed by atoms with Crippen molar-refractivity contribution in [3.05, 3.63) is 11.7 Å². The maximum absolute atomic E-state index is 5.86. The lowest BCUT2D eigenvalue weighted by Crippen LogP contribution is -2.25. The molecule has 90 valence electrons. The minimum absolute atomic E-state index is 0.354. The molecule has 1 saturated carbocycles. The van der Waals surface area contributed by atoms with Gasteiger partial charge in [-0.1, -0.05) is 5.16 Å². The summed E-state index contributed by atoms with van der Waals surface area (Å²) in [6.07, 6.45) is 4.95. The number of methoxy groups -OCH3 is 1. The molecule has 0 aromatic carbocycles. The lowest BCUT2D eigenvalue weighted by atomic mass is 9.86. The number of nitrogens with two attached hydrogens (primary N) is 1. The van der Waals surface area contributed by atoms with Gasteiger partial charge in [-0.05, 0) is 25.7 Å². The van der Waals surface area contributed by atoms with Crippen LogP contribution in [0.15, 0.2) is 4.52 Å². The van der Waals surface area contributed by atoms with Gasteiger partial charge in [0.15, 0.2) is 5.82 Å². The van der Waals surface area contributed by atoms with Crippen molar-refractivity contribution in [2.45, 2.75) is 44.1 Å². The molecule has 1 aromatic heterocycles. The van der Waals surface area contributed by atoms with Crippen LogP contribution < -0.4 is 5.73 Å². The van der Waals surface area contributed by atoms with Gasteiger partial charge in [-0.3, -0.25) is 0 Å². The molecule has 5 nitrogen and oxygen atoms in total. The molecule has 0 atom stereocenters. The van der Waals surface area contributed by atoms with E-state index in [1.807, 2.05) is 0 Å². The van der Waals surface area contributed by atoms with Crippen LogP contribution in [0, 0.1) is 0 Å². The molecule has 1 aliphatic rings. The Morgan fingerprint density at radius 1 is 1.38 bits per heavy atom. The second-order valence-electron chi connectivity index (χ2n) is 4.40. The summed E-state index contributed by atoms with van der Waals surface area (Å²) in [5, 5.41) is 3.95. The topological polar surface area (TPSA) is 74.2 Å². The van der Waals surface area contributed by atoms with E-state index in [4.69, 9.17) is 15.0 Å². The third-order valence-electron chi connectivity index (χ3n) is 3.13. The van der Waals surface area contributed by atoms with E-state index in [0.717, 1.165) is 37.4 Å². The van der Waals surface area contributed by atoms with Crippen LogP contribution in [0.2, 0.25) is 0 Å². The first-order valence-corrected chi connectivity index (χ1v) is 5.86. The second-order valence-corrected chi connectivity index (χ2v) is 4.40. The molecule has 0 saturated heterocycles. The van der Waals surface area contributed by atoms with E-state index in [-0.39, 0.29) is 0 Å². The monoisotopic (exact) mass is 225 g/mol. The highest BCUT2D eigenvalue weighted by atomic mass is 16.5. The van der Waals surface area contributed by atoms with Crippen molar-refractivity contribution >= 4 is 0 Å². The Hall–Kier alpha value is -0.940. The van der Waals surface area contributed by atoms with Crippen molar-refractivity contribution in [2.75, 3.05) is 13.7 Å². The summed E-state index contributed by atoms with van der Waals surface area (Å²) >= 11 is 0. The Morgan fingerprint density at radius 2 is 2.12 bits per heavy atom. The first-order chi connectivity index (χ1) is 7.79. The van der Waals surface area contributed by atoms with Crippen molar-refractivity contribution in [2.24, 2.45) is 5.73 Å². The van der Waals surface area contributed by atoms with Gasteiger partial charge in [0.05, 0.1) is 6.61 Å². The maximum atomic E-state index is 5.86. The van der Waals surface area contributed by atoms with Crippen LogP contribution >= 0.6 is 0 Å². The molecule has 0 radical (unpaired) electrons. The number of aromatic nitrogens is 2. The fourth-order valence-electron chi connectivity index (χ4n) is 2.09. The van der Waals surface area contributed by atoms with Crippen LogP contribution in [-0.2, 0) is 11.2 Å². The molecule has 0 spiro atoms. The zero-order valence-electron chi connectivity index (χ0n) is 9.69. The smallest absolute Gasteiger partial charge is 0.229 e.